The van der Waals surface area contributed by atoms with E-state index in [0.717, 1.165) is 71.1 Å². The third-order valence-electron chi connectivity index (χ3n) is 5.32. The highest BCUT2D eigenvalue weighted by atomic mass is 127. The first kappa shape index (κ1) is 24.4. The maximum atomic E-state index is 12.6. The minimum atomic E-state index is 0. The first-order chi connectivity index (χ1) is 12.6. The molecule has 1 aliphatic heterocycles. The van der Waals surface area contributed by atoms with E-state index < -0.39 is 0 Å². The predicted molar refractivity (Wildman–Crippen MR) is 121 cm³/mol. The molecule has 0 spiro atoms. The minimum Gasteiger partial charge on any atom is -0.383 e. The molecule has 158 valence electrons. The summed E-state index contributed by atoms with van der Waals surface area (Å²) < 4.78 is 5.10. The van der Waals surface area contributed by atoms with Crippen molar-refractivity contribution in [2.24, 2.45) is 10.9 Å². The summed E-state index contributed by atoms with van der Waals surface area (Å²) in [6.07, 6.45) is 5.57. The van der Waals surface area contributed by atoms with Gasteiger partial charge in [-0.15, -0.1) is 24.0 Å². The van der Waals surface area contributed by atoms with Crippen molar-refractivity contribution >= 4 is 35.8 Å². The molecule has 0 bridgehead atoms. The molecule has 2 rings (SSSR count). The number of carbonyl (C=O) groups is 1. The van der Waals surface area contributed by atoms with Crippen LogP contribution in [-0.4, -0.2) is 87.7 Å². The lowest BCUT2D eigenvalue weighted by molar-refractivity contribution is -0.134. The summed E-state index contributed by atoms with van der Waals surface area (Å²) in [5.74, 6) is 1.50. The number of nitrogens with zero attached hydrogens (tertiary/aromatic N) is 3. The zero-order valence-corrected chi connectivity index (χ0v) is 19.5. The number of guanidine groups is 1. The van der Waals surface area contributed by atoms with Gasteiger partial charge in [-0.2, -0.15) is 0 Å². The Morgan fingerprint density at radius 2 is 2.00 bits per heavy atom. The number of ether oxygens (including phenoxy) is 1. The molecule has 1 amide bonds. The molecule has 2 fully saturated rings. The third-order valence-corrected chi connectivity index (χ3v) is 5.32. The van der Waals surface area contributed by atoms with Crippen molar-refractivity contribution in [2.45, 2.75) is 45.1 Å². The van der Waals surface area contributed by atoms with E-state index in [4.69, 9.17) is 4.74 Å². The number of hydrogen-bond donors (Lipinski definition) is 2. The van der Waals surface area contributed by atoms with Crippen molar-refractivity contribution in [3.05, 3.63) is 0 Å². The van der Waals surface area contributed by atoms with E-state index in [1.54, 1.807) is 7.11 Å². The van der Waals surface area contributed by atoms with Gasteiger partial charge in [0.05, 0.1) is 13.2 Å². The van der Waals surface area contributed by atoms with Gasteiger partial charge in [-0.25, -0.2) is 0 Å². The molecule has 1 heterocycles. The van der Waals surface area contributed by atoms with Gasteiger partial charge < -0.3 is 25.2 Å². The van der Waals surface area contributed by atoms with Crippen LogP contribution in [0.4, 0.5) is 0 Å². The molecule has 1 aliphatic carbocycles. The Morgan fingerprint density at radius 3 is 2.67 bits per heavy atom. The molecule has 2 aliphatic rings. The highest BCUT2D eigenvalue weighted by Gasteiger charge is 2.32. The molecule has 7 nitrogen and oxygen atoms in total. The topological polar surface area (TPSA) is 69.2 Å². The van der Waals surface area contributed by atoms with Gasteiger partial charge in [-0.1, -0.05) is 12.8 Å². The van der Waals surface area contributed by atoms with Crippen LogP contribution < -0.4 is 10.6 Å². The van der Waals surface area contributed by atoms with Gasteiger partial charge in [0.1, 0.15) is 0 Å². The molecule has 2 N–H and O–H groups in total. The van der Waals surface area contributed by atoms with Crippen LogP contribution in [0.2, 0.25) is 0 Å². The fourth-order valence-electron chi connectivity index (χ4n) is 3.71. The third kappa shape index (κ3) is 8.51. The van der Waals surface area contributed by atoms with Crippen molar-refractivity contribution < 1.29 is 9.53 Å². The van der Waals surface area contributed by atoms with Crippen LogP contribution in [-0.2, 0) is 9.53 Å². The van der Waals surface area contributed by atoms with E-state index >= 15 is 0 Å². The molecule has 1 saturated carbocycles. The smallest absolute Gasteiger partial charge is 0.225 e. The number of nitrogens with one attached hydrogen (secondary N) is 2. The lowest BCUT2D eigenvalue weighted by atomic mass is 10.1. The zero-order valence-electron chi connectivity index (χ0n) is 17.2. The summed E-state index contributed by atoms with van der Waals surface area (Å²) in [6, 6.07) is 0.296. The Hall–Kier alpha value is -0.610. The number of carbonyl (C=O) groups excluding carboxylic acids is 1. The van der Waals surface area contributed by atoms with Gasteiger partial charge in [0, 0.05) is 51.8 Å². The molecule has 0 radical (unpaired) electrons. The SMILES string of the molecule is CCNC(=NCCN(C)CCOC)NC1CCN(C(=O)C2CCCC2)C1.I. The van der Waals surface area contributed by atoms with Gasteiger partial charge in [-0.05, 0) is 33.2 Å². The van der Waals surface area contributed by atoms with Crippen LogP contribution >= 0.6 is 24.0 Å². The second-order valence-corrected chi connectivity index (χ2v) is 7.45. The highest BCUT2D eigenvalue weighted by molar-refractivity contribution is 14.0. The normalized spacial score (nSPS) is 20.8. The molecule has 0 aromatic heterocycles. The fourth-order valence-corrected chi connectivity index (χ4v) is 3.71. The average Bonchev–Trinajstić information content (AvgIpc) is 3.31. The summed E-state index contributed by atoms with van der Waals surface area (Å²) in [5, 5.41) is 6.83. The van der Waals surface area contributed by atoms with Gasteiger partial charge >= 0.3 is 0 Å². The van der Waals surface area contributed by atoms with Gasteiger partial charge in [0.15, 0.2) is 5.96 Å². The van der Waals surface area contributed by atoms with E-state index in [2.05, 4.69) is 39.4 Å². The molecule has 0 aromatic carbocycles. The molecule has 0 aromatic rings. The number of likely N-dealkylation sites (N-methyl/N-ethyl adjacent to an activating group) is 1. The largest absolute Gasteiger partial charge is 0.383 e. The van der Waals surface area contributed by atoms with E-state index in [9.17, 15) is 4.79 Å². The summed E-state index contributed by atoms with van der Waals surface area (Å²) in [6.45, 7) is 7.88. The summed E-state index contributed by atoms with van der Waals surface area (Å²) in [7, 11) is 3.81. The zero-order chi connectivity index (χ0) is 18.8. The Labute approximate surface area is 181 Å². The van der Waals surface area contributed by atoms with Gasteiger partial charge in [0.25, 0.3) is 0 Å². The molecule has 1 saturated heterocycles. The van der Waals surface area contributed by atoms with Gasteiger partial charge in [0.2, 0.25) is 5.91 Å². The first-order valence-corrected chi connectivity index (χ1v) is 10.1. The van der Waals surface area contributed by atoms with Crippen LogP contribution in [0.1, 0.15) is 39.0 Å². The summed E-state index contributed by atoms with van der Waals surface area (Å²) in [4.78, 5) is 21.5. The lowest BCUT2D eigenvalue weighted by Crippen LogP contribution is -2.45. The summed E-state index contributed by atoms with van der Waals surface area (Å²) >= 11 is 0. The maximum absolute atomic E-state index is 12.6. The number of amides is 1. The molecule has 8 heteroatoms. The Kier molecular flexibility index (Phi) is 12.3. The second-order valence-electron chi connectivity index (χ2n) is 7.45. The highest BCUT2D eigenvalue weighted by Crippen LogP contribution is 2.27. The minimum absolute atomic E-state index is 0. The molecule has 27 heavy (non-hydrogen) atoms. The number of halogens is 1. The number of aliphatic imine (C=N–C) groups is 1. The van der Waals surface area contributed by atoms with E-state index in [-0.39, 0.29) is 29.9 Å². The summed E-state index contributed by atoms with van der Waals surface area (Å²) in [5.41, 5.74) is 0. The number of methoxy groups -OCH3 is 1. The molecule has 1 unspecified atom stereocenters. The van der Waals surface area contributed by atoms with Crippen molar-refractivity contribution in [3.8, 4) is 0 Å². The second kappa shape index (κ2) is 13.5. The van der Waals surface area contributed by atoms with Crippen LogP contribution in [0, 0.1) is 5.92 Å². The standard InChI is InChI=1S/C19H37N5O2.HI/c1-4-20-19(21-10-12-23(2)13-14-26-3)22-17-9-11-24(15-17)18(25)16-7-5-6-8-16;/h16-17H,4-15H2,1-3H3,(H2,20,21,22);1H. The van der Waals surface area contributed by atoms with Crippen LogP contribution in [0.25, 0.3) is 0 Å². The number of rotatable bonds is 9. The van der Waals surface area contributed by atoms with Gasteiger partial charge in [-0.3, -0.25) is 9.79 Å². The fraction of sp³-hybridized carbons (Fsp3) is 0.895. The van der Waals surface area contributed by atoms with Crippen molar-refractivity contribution in [1.29, 1.82) is 0 Å². The maximum Gasteiger partial charge on any atom is 0.225 e. The number of hydrogen-bond acceptors (Lipinski definition) is 4. The monoisotopic (exact) mass is 495 g/mol. The average molecular weight is 495 g/mol. The quantitative estimate of drug-likeness (QED) is 0.289. The van der Waals surface area contributed by atoms with Crippen LogP contribution in [0.5, 0.6) is 0 Å². The van der Waals surface area contributed by atoms with Crippen LogP contribution in [0.3, 0.4) is 0 Å². The Bertz CT molecular complexity index is 457. The lowest BCUT2D eigenvalue weighted by Gasteiger charge is -2.21. The first-order valence-electron chi connectivity index (χ1n) is 10.1. The van der Waals surface area contributed by atoms with Crippen molar-refractivity contribution in [1.82, 2.24) is 20.4 Å². The van der Waals surface area contributed by atoms with E-state index in [0.29, 0.717) is 11.9 Å². The van der Waals surface area contributed by atoms with Crippen LogP contribution in [0.15, 0.2) is 4.99 Å². The Balaban J connectivity index is 0.00000364. The number of likely N-dealkylation sites (tertiary alicyclic amines) is 1. The Morgan fingerprint density at radius 1 is 1.26 bits per heavy atom. The molecular formula is C19H38IN5O2. The van der Waals surface area contributed by atoms with E-state index in [1.165, 1.54) is 12.8 Å². The van der Waals surface area contributed by atoms with E-state index in [1.807, 2.05) is 0 Å². The van der Waals surface area contributed by atoms with Crippen molar-refractivity contribution in [2.75, 3.05) is 60.0 Å². The molecular weight excluding hydrogens is 457 g/mol. The molecule has 1 atom stereocenters. The predicted octanol–water partition coefficient (Wildman–Crippen LogP) is 1.53. The van der Waals surface area contributed by atoms with Crippen molar-refractivity contribution in [3.63, 3.8) is 0 Å².